The van der Waals surface area contributed by atoms with Gasteiger partial charge in [-0.05, 0) is 44.0 Å². The number of ether oxygens (including phenoxy) is 3. The maximum absolute atomic E-state index is 12.4. The van der Waals surface area contributed by atoms with Crippen molar-refractivity contribution in [2.75, 3.05) is 25.6 Å². The number of amides is 1. The van der Waals surface area contributed by atoms with Crippen LogP contribution in [0.2, 0.25) is 0 Å². The summed E-state index contributed by atoms with van der Waals surface area (Å²) in [6.07, 6.45) is 0.571. The predicted octanol–water partition coefficient (Wildman–Crippen LogP) is 2.25. The number of nitrogens with one attached hydrogen (secondary N) is 1. The van der Waals surface area contributed by atoms with Gasteiger partial charge in [-0.1, -0.05) is 6.92 Å². The van der Waals surface area contributed by atoms with E-state index in [0.717, 1.165) is 16.5 Å². The van der Waals surface area contributed by atoms with E-state index in [4.69, 9.17) is 19.3 Å². The Morgan fingerprint density at radius 2 is 1.81 bits per heavy atom. The summed E-state index contributed by atoms with van der Waals surface area (Å²) in [4.78, 5) is 37.7. The highest BCUT2D eigenvalue weighted by Crippen LogP contribution is 2.34. The van der Waals surface area contributed by atoms with Crippen LogP contribution < -0.4 is 15.2 Å². The van der Waals surface area contributed by atoms with Crippen molar-refractivity contribution < 1.29 is 37.0 Å². The minimum Gasteiger partial charge on any atom is -0.496 e. The lowest BCUT2D eigenvalue weighted by molar-refractivity contribution is -0.119. The fourth-order valence-corrected chi connectivity index (χ4v) is 4.60. The van der Waals surface area contributed by atoms with E-state index < -0.39 is 34.5 Å². The second kappa shape index (κ2) is 10.6. The topological polar surface area (TPSA) is 151 Å². The Bertz CT molecular complexity index is 1140. The SMILES string of the molecule is CCOC(=O)c1c(NC(=O)COC(=O)c2cc(S(N)(=O)=O)ccc2OC)sc(C)c1CC. The van der Waals surface area contributed by atoms with Crippen molar-refractivity contribution in [1.82, 2.24) is 0 Å². The van der Waals surface area contributed by atoms with Gasteiger partial charge in [0.05, 0.1) is 24.2 Å². The molecular weight excluding hydrogens is 460 g/mol. The van der Waals surface area contributed by atoms with E-state index >= 15 is 0 Å². The van der Waals surface area contributed by atoms with E-state index in [1.165, 1.54) is 30.6 Å². The molecule has 10 nitrogen and oxygen atoms in total. The van der Waals surface area contributed by atoms with Gasteiger partial charge < -0.3 is 19.5 Å². The quantitative estimate of drug-likeness (QED) is 0.514. The molecule has 0 aliphatic rings. The van der Waals surface area contributed by atoms with Gasteiger partial charge in [0.1, 0.15) is 16.3 Å². The Morgan fingerprint density at radius 3 is 2.38 bits per heavy atom. The molecule has 32 heavy (non-hydrogen) atoms. The van der Waals surface area contributed by atoms with E-state index in [1.54, 1.807) is 6.92 Å². The summed E-state index contributed by atoms with van der Waals surface area (Å²) in [5, 5.41) is 7.96. The lowest BCUT2D eigenvalue weighted by atomic mass is 10.1. The summed E-state index contributed by atoms with van der Waals surface area (Å²) in [5.41, 5.74) is 0.837. The molecule has 2 aromatic rings. The van der Waals surface area contributed by atoms with Crippen LogP contribution in [0, 0.1) is 6.92 Å². The van der Waals surface area contributed by atoms with E-state index in [0.29, 0.717) is 11.4 Å². The van der Waals surface area contributed by atoms with Gasteiger partial charge in [0.2, 0.25) is 10.0 Å². The molecule has 1 amide bonds. The van der Waals surface area contributed by atoms with Crippen molar-refractivity contribution in [3.63, 3.8) is 0 Å². The summed E-state index contributed by atoms with van der Waals surface area (Å²) >= 11 is 1.22. The lowest BCUT2D eigenvalue weighted by Gasteiger charge is -2.11. The van der Waals surface area contributed by atoms with Gasteiger partial charge >= 0.3 is 11.9 Å². The number of esters is 2. The standard InChI is InChI=1S/C20H24N2O8S2/c1-5-13-11(3)31-18(17(13)20(25)29-6-2)22-16(23)10-30-19(24)14-9-12(32(21,26)27)7-8-15(14)28-4/h7-9H,5-6,10H2,1-4H3,(H,22,23)(H2,21,26,27). The number of hydrogen-bond acceptors (Lipinski definition) is 9. The van der Waals surface area contributed by atoms with Crippen molar-refractivity contribution in [1.29, 1.82) is 0 Å². The Kier molecular flexibility index (Phi) is 8.36. The number of hydrogen-bond donors (Lipinski definition) is 2. The zero-order valence-electron chi connectivity index (χ0n) is 18.0. The normalized spacial score (nSPS) is 11.0. The molecule has 1 heterocycles. The molecule has 2 rings (SSSR count). The van der Waals surface area contributed by atoms with Gasteiger partial charge in [0.15, 0.2) is 6.61 Å². The van der Waals surface area contributed by atoms with Gasteiger partial charge in [-0.15, -0.1) is 11.3 Å². The number of anilines is 1. The van der Waals surface area contributed by atoms with Gasteiger partial charge in [-0.2, -0.15) is 0 Å². The average molecular weight is 485 g/mol. The van der Waals surface area contributed by atoms with E-state index in [2.05, 4.69) is 5.32 Å². The predicted molar refractivity (Wildman–Crippen MR) is 118 cm³/mol. The van der Waals surface area contributed by atoms with Crippen LogP contribution in [0.15, 0.2) is 23.1 Å². The van der Waals surface area contributed by atoms with Crippen LogP contribution in [0.1, 0.15) is 45.0 Å². The van der Waals surface area contributed by atoms with E-state index in [9.17, 15) is 22.8 Å². The maximum Gasteiger partial charge on any atom is 0.342 e. The monoisotopic (exact) mass is 484 g/mol. The molecule has 0 saturated heterocycles. The average Bonchev–Trinajstić information content (AvgIpc) is 3.05. The Hall–Kier alpha value is -2.96. The van der Waals surface area contributed by atoms with Crippen LogP contribution in [0.3, 0.4) is 0 Å². The number of thiophene rings is 1. The number of aryl methyl sites for hydroxylation is 1. The highest BCUT2D eigenvalue weighted by Gasteiger charge is 2.24. The number of benzene rings is 1. The van der Waals surface area contributed by atoms with Crippen molar-refractivity contribution >= 4 is 44.2 Å². The van der Waals surface area contributed by atoms with Gasteiger partial charge in [-0.3, -0.25) is 4.79 Å². The Labute approximate surface area is 189 Å². The van der Waals surface area contributed by atoms with Crippen LogP contribution in [-0.2, 0) is 30.7 Å². The van der Waals surface area contributed by atoms with E-state index in [-0.39, 0.29) is 28.4 Å². The highest BCUT2D eigenvalue weighted by atomic mass is 32.2. The Morgan fingerprint density at radius 1 is 1.12 bits per heavy atom. The number of nitrogens with two attached hydrogens (primary N) is 1. The fraction of sp³-hybridized carbons (Fsp3) is 0.350. The minimum absolute atomic E-state index is 0.0499. The molecule has 12 heteroatoms. The summed E-state index contributed by atoms with van der Waals surface area (Å²) in [5.74, 6) is -2.17. The molecule has 0 fully saturated rings. The number of carbonyl (C=O) groups excluding carboxylic acids is 3. The molecule has 1 aromatic heterocycles. The number of methoxy groups -OCH3 is 1. The molecule has 0 aliphatic carbocycles. The molecule has 174 valence electrons. The summed E-state index contributed by atoms with van der Waals surface area (Å²) in [7, 11) is -2.77. The highest BCUT2D eigenvalue weighted by molar-refractivity contribution is 7.89. The molecule has 0 unspecified atom stereocenters. The van der Waals surface area contributed by atoms with Crippen LogP contribution in [-0.4, -0.2) is 46.6 Å². The molecule has 0 radical (unpaired) electrons. The lowest BCUT2D eigenvalue weighted by Crippen LogP contribution is -2.22. The van der Waals surface area contributed by atoms with Gasteiger partial charge in [-0.25, -0.2) is 23.1 Å². The van der Waals surface area contributed by atoms with Gasteiger partial charge in [0.25, 0.3) is 5.91 Å². The van der Waals surface area contributed by atoms with Crippen LogP contribution in [0.4, 0.5) is 5.00 Å². The third-order valence-electron chi connectivity index (χ3n) is 4.35. The first-order valence-electron chi connectivity index (χ1n) is 9.50. The smallest absolute Gasteiger partial charge is 0.342 e. The minimum atomic E-state index is -4.06. The van der Waals surface area contributed by atoms with Gasteiger partial charge in [0, 0.05) is 4.88 Å². The van der Waals surface area contributed by atoms with E-state index in [1.807, 2.05) is 13.8 Å². The molecule has 0 aliphatic heterocycles. The number of sulfonamides is 1. The maximum atomic E-state index is 12.4. The largest absolute Gasteiger partial charge is 0.496 e. The third kappa shape index (κ3) is 5.84. The number of carbonyl (C=O) groups is 3. The van der Waals surface area contributed by atoms with Crippen LogP contribution in [0.5, 0.6) is 5.75 Å². The molecule has 1 aromatic carbocycles. The first-order chi connectivity index (χ1) is 15.0. The van der Waals surface area contributed by atoms with Crippen molar-refractivity contribution in [3.05, 3.63) is 39.8 Å². The van der Waals surface area contributed by atoms with Crippen molar-refractivity contribution in [2.45, 2.75) is 32.1 Å². The van der Waals surface area contributed by atoms with Crippen LogP contribution in [0.25, 0.3) is 0 Å². The first kappa shape index (κ1) is 25.3. The molecule has 0 atom stereocenters. The second-order valence-electron chi connectivity index (χ2n) is 6.45. The Balaban J connectivity index is 2.18. The summed E-state index contributed by atoms with van der Waals surface area (Å²) in [6.45, 7) is 4.89. The second-order valence-corrected chi connectivity index (χ2v) is 9.23. The first-order valence-corrected chi connectivity index (χ1v) is 11.9. The molecule has 3 N–H and O–H groups in total. The number of primary sulfonamides is 1. The molecule has 0 saturated carbocycles. The molecule has 0 spiro atoms. The molecular formula is C20H24N2O8S2. The fourth-order valence-electron chi connectivity index (χ4n) is 2.91. The molecule has 0 bridgehead atoms. The summed E-state index contributed by atoms with van der Waals surface area (Å²) in [6, 6.07) is 3.44. The third-order valence-corrected chi connectivity index (χ3v) is 6.32. The summed E-state index contributed by atoms with van der Waals surface area (Å²) < 4.78 is 38.2. The zero-order chi connectivity index (χ0) is 24.1. The van der Waals surface area contributed by atoms with Crippen LogP contribution >= 0.6 is 11.3 Å². The van der Waals surface area contributed by atoms with Crippen molar-refractivity contribution in [3.8, 4) is 5.75 Å². The number of rotatable bonds is 9. The van der Waals surface area contributed by atoms with Crippen molar-refractivity contribution in [2.24, 2.45) is 5.14 Å². The zero-order valence-corrected chi connectivity index (χ0v) is 19.6.